The minimum atomic E-state index is -1.57. The number of fused-ring (bicyclic) bond motifs is 3. The van der Waals surface area contributed by atoms with Gasteiger partial charge in [-0.05, 0) is 12.1 Å². The van der Waals surface area contributed by atoms with Crippen molar-refractivity contribution in [1.29, 1.82) is 0 Å². The molecular weight excluding hydrogens is 300 g/mol. The Morgan fingerprint density at radius 3 is 2.50 bits per heavy atom. The predicted octanol–water partition coefficient (Wildman–Crippen LogP) is 2.58. The van der Waals surface area contributed by atoms with Crippen LogP contribution in [0, 0.1) is 27.8 Å². The average Bonchev–Trinajstić information content (AvgIpc) is 2.70. The minimum absolute atomic E-state index is 0.319. The molecule has 0 saturated heterocycles. The Kier molecular flexibility index (Phi) is 2.77. The zero-order valence-electron chi connectivity index (χ0n) is 10.5. The van der Waals surface area contributed by atoms with Crippen LogP contribution in [-0.2, 0) is 0 Å². The molecule has 1 N–H and O–H groups in total. The summed E-state index contributed by atoms with van der Waals surface area (Å²) >= 11 is 0. The quantitative estimate of drug-likeness (QED) is 0.579. The predicted molar refractivity (Wildman–Crippen MR) is 67.7 cm³/mol. The molecule has 3 rings (SSSR count). The Balaban J connectivity index is 2.50. The fourth-order valence-corrected chi connectivity index (χ4v) is 2.46. The first-order chi connectivity index (χ1) is 10.3. The molecule has 0 spiro atoms. The number of carbonyl (C=O) groups excluding carboxylic acids is 1. The summed E-state index contributed by atoms with van der Waals surface area (Å²) in [5, 5.41) is 20.2. The number of nitro benzene ring substituents is 1. The molecule has 0 amide bonds. The Morgan fingerprint density at radius 1 is 1.23 bits per heavy atom. The molecule has 2 aromatic carbocycles. The topological polar surface area (TPSA) is 97.5 Å². The van der Waals surface area contributed by atoms with Crippen LogP contribution in [0.15, 0.2) is 18.2 Å². The summed E-state index contributed by atoms with van der Waals surface area (Å²) in [5.74, 6) is -4.59. The SMILES string of the molecule is O=C(O)c1cc(F)[c]c2c1-c1c(cc(F)cc1[N+](=O)[O-])C2=O. The molecule has 2 aromatic rings. The van der Waals surface area contributed by atoms with Crippen molar-refractivity contribution >= 4 is 17.4 Å². The van der Waals surface area contributed by atoms with Crippen LogP contribution in [0.4, 0.5) is 14.5 Å². The maximum atomic E-state index is 13.5. The highest BCUT2D eigenvalue weighted by atomic mass is 19.1. The molecule has 0 unspecified atom stereocenters. The second kappa shape index (κ2) is 4.42. The average molecular weight is 304 g/mol. The standard InChI is InChI=1S/C14H4F2NO5/c15-5-1-7-11(9(3-5)14(19)20)12-8(13(7)18)2-6(16)4-10(12)17(21)22/h2-4H,(H,19,20). The third kappa shape index (κ3) is 1.77. The molecule has 1 radical (unpaired) electrons. The molecule has 0 fully saturated rings. The van der Waals surface area contributed by atoms with Crippen LogP contribution < -0.4 is 0 Å². The van der Waals surface area contributed by atoms with Crippen LogP contribution in [0.1, 0.15) is 26.3 Å². The van der Waals surface area contributed by atoms with Crippen molar-refractivity contribution in [3.05, 3.63) is 62.7 Å². The molecule has 1 aliphatic rings. The first-order valence-corrected chi connectivity index (χ1v) is 5.83. The zero-order valence-corrected chi connectivity index (χ0v) is 10.5. The number of rotatable bonds is 2. The monoisotopic (exact) mass is 304 g/mol. The lowest BCUT2D eigenvalue weighted by Gasteiger charge is -2.06. The number of ketones is 1. The van der Waals surface area contributed by atoms with E-state index in [1.807, 2.05) is 6.07 Å². The molecule has 0 aromatic heterocycles. The van der Waals surface area contributed by atoms with E-state index in [9.17, 15) is 28.5 Å². The fourth-order valence-electron chi connectivity index (χ4n) is 2.46. The Bertz CT molecular complexity index is 820. The number of aromatic carboxylic acids is 1. The van der Waals surface area contributed by atoms with Gasteiger partial charge in [-0.3, -0.25) is 14.9 Å². The maximum absolute atomic E-state index is 13.5. The third-order valence-electron chi connectivity index (χ3n) is 3.27. The number of hydrogen-bond donors (Lipinski definition) is 1. The molecule has 0 atom stereocenters. The van der Waals surface area contributed by atoms with E-state index < -0.39 is 45.1 Å². The first-order valence-electron chi connectivity index (χ1n) is 5.83. The molecule has 8 heteroatoms. The van der Waals surface area contributed by atoms with Crippen LogP contribution in [0.3, 0.4) is 0 Å². The lowest BCUT2D eigenvalue weighted by molar-refractivity contribution is -0.384. The molecule has 6 nitrogen and oxygen atoms in total. The number of carboxylic acids is 1. The van der Waals surface area contributed by atoms with E-state index in [0.717, 1.165) is 6.07 Å². The van der Waals surface area contributed by atoms with Gasteiger partial charge < -0.3 is 5.11 Å². The Labute approximate surface area is 120 Å². The number of hydrogen-bond acceptors (Lipinski definition) is 4. The number of nitrogens with zero attached hydrogens (tertiary/aromatic N) is 1. The normalized spacial score (nSPS) is 12.0. The van der Waals surface area contributed by atoms with Gasteiger partial charge in [0.25, 0.3) is 5.69 Å². The van der Waals surface area contributed by atoms with Gasteiger partial charge in [0.2, 0.25) is 0 Å². The van der Waals surface area contributed by atoms with E-state index in [1.165, 1.54) is 0 Å². The maximum Gasteiger partial charge on any atom is 0.336 e. The molecule has 109 valence electrons. The highest BCUT2D eigenvalue weighted by Crippen LogP contribution is 2.44. The van der Waals surface area contributed by atoms with Crippen molar-refractivity contribution < 1.29 is 28.4 Å². The summed E-state index contributed by atoms with van der Waals surface area (Å²) in [6, 6.07) is 3.98. The van der Waals surface area contributed by atoms with E-state index in [-0.39, 0.29) is 16.7 Å². The van der Waals surface area contributed by atoms with Gasteiger partial charge in [0.05, 0.1) is 22.1 Å². The fraction of sp³-hybridized carbons (Fsp3) is 0. The van der Waals surface area contributed by atoms with Gasteiger partial charge in [-0.25, -0.2) is 13.6 Å². The lowest BCUT2D eigenvalue weighted by atomic mass is 9.98. The zero-order chi connectivity index (χ0) is 16.2. The van der Waals surface area contributed by atoms with Gasteiger partial charge >= 0.3 is 5.97 Å². The molecule has 0 heterocycles. The van der Waals surface area contributed by atoms with Gasteiger partial charge in [0.15, 0.2) is 5.78 Å². The second-order valence-corrected chi connectivity index (χ2v) is 4.52. The lowest BCUT2D eigenvalue weighted by Crippen LogP contribution is -2.03. The van der Waals surface area contributed by atoms with E-state index >= 15 is 0 Å². The van der Waals surface area contributed by atoms with E-state index in [0.29, 0.717) is 12.1 Å². The molecule has 0 saturated carbocycles. The van der Waals surface area contributed by atoms with E-state index in [4.69, 9.17) is 5.11 Å². The van der Waals surface area contributed by atoms with Crippen LogP contribution in [0.2, 0.25) is 0 Å². The summed E-state index contributed by atoms with van der Waals surface area (Å²) in [7, 11) is 0. The molecule has 1 aliphatic carbocycles. The van der Waals surface area contributed by atoms with Crippen molar-refractivity contribution in [2.75, 3.05) is 0 Å². The van der Waals surface area contributed by atoms with Crippen LogP contribution in [0.25, 0.3) is 11.1 Å². The highest BCUT2D eigenvalue weighted by Gasteiger charge is 2.38. The number of carboxylic acid groups (broad SMARTS) is 1. The van der Waals surface area contributed by atoms with Crippen LogP contribution in [0.5, 0.6) is 0 Å². The summed E-state index contributed by atoms with van der Waals surface area (Å²) in [5.41, 5.74) is -2.87. The van der Waals surface area contributed by atoms with E-state index in [1.54, 1.807) is 0 Å². The summed E-state index contributed by atoms with van der Waals surface area (Å²) < 4.78 is 26.9. The van der Waals surface area contributed by atoms with Crippen molar-refractivity contribution in [3.8, 4) is 11.1 Å². The van der Waals surface area contributed by atoms with Crippen molar-refractivity contribution in [2.24, 2.45) is 0 Å². The third-order valence-corrected chi connectivity index (χ3v) is 3.27. The number of benzene rings is 2. The van der Waals surface area contributed by atoms with Gasteiger partial charge in [-0.15, -0.1) is 0 Å². The largest absolute Gasteiger partial charge is 0.478 e. The minimum Gasteiger partial charge on any atom is -0.478 e. The Hall–Kier alpha value is -3.16. The van der Waals surface area contributed by atoms with Crippen molar-refractivity contribution in [3.63, 3.8) is 0 Å². The van der Waals surface area contributed by atoms with Gasteiger partial charge in [-0.1, -0.05) is 0 Å². The van der Waals surface area contributed by atoms with Crippen LogP contribution in [-0.4, -0.2) is 21.8 Å². The van der Waals surface area contributed by atoms with Crippen molar-refractivity contribution in [1.82, 2.24) is 0 Å². The van der Waals surface area contributed by atoms with Gasteiger partial charge in [0, 0.05) is 22.8 Å². The van der Waals surface area contributed by atoms with Crippen LogP contribution >= 0.6 is 0 Å². The molecular formula is C14H4F2NO5. The number of carbonyl (C=O) groups is 2. The first kappa shape index (κ1) is 13.8. The summed E-state index contributed by atoms with van der Waals surface area (Å²) in [4.78, 5) is 33.5. The number of nitro groups is 1. The smallest absolute Gasteiger partial charge is 0.336 e. The van der Waals surface area contributed by atoms with E-state index in [2.05, 4.69) is 0 Å². The second-order valence-electron chi connectivity index (χ2n) is 4.52. The Morgan fingerprint density at radius 2 is 1.91 bits per heavy atom. The summed E-state index contributed by atoms with van der Waals surface area (Å²) in [6.45, 7) is 0. The summed E-state index contributed by atoms with van der Waals surface area (Å²) in [6.07, 6.45) is 0. The van der Waals surface area contributed by atoms with Crippen molar-refractivity contribution in [2.45, 2.75) is 0 Å². The molecule has 22 heavy (non-hydrogen) atoms. The van der Waals surface area contributed by atoms with Gasteiger partial charge in [0.1, 0.15) is 11.6 Å². The van der Waals surface area contributed by atoms with Gasteiger partial charge in [-0.2, -0.15) is 0 Å². The molecule has 0 aliphatic heterocycles. The molecule has 0 bridgehead atoms. The highest BCUT2D eigenvalue weighted by molar-refractivity contribution is 6.25. The number of halogens is 2.